The van der Waals surface area contributed by atoms with Crippen molar-refractivity contribution < 1.29 is 14.3 Å². The standard InChI is InChI=1S/C29H37N3O3/c1-6-35-29(34)24-8-7-13-31(17-24)18-28(33)32-27(25-14-19(2)9-10-21(25)4)16-26(30-32)23-12-11-20(3)22(5)15-23/h9-12,14-15,24,27H,6-8,13,16-18H2,1-5H3. The number of aryl methyl sites for hydroxylation is 4. The Morgan fingerprint density at radius 2 is 1.80 bits per heavy atom. The number of hydrazone groups is 1. The number of ether oxygens (including phenoxy) is 1. The maximum Gasteiger partial charge on any atom is 0.310 e. The van der Waals surface area contributed by atoms with Crippen LogP contribution >= 0.6 is 0 Å². The van der Waals surface area contributed by atoms with Crippen molar-refractivity contribution in [3.8, 4) is 0 Å². The summed E-state index contributed by atoms with van der Waals surface area (Å²) in [6.45, 7) is 12.2. The molecule has 1 fully saturated rings. The van der Waals surface area contributed by atoms with Crippen LogP contribution in [-0.2, 0) is 14.3 Å². The second kappa shape index (κ2) is 10.7. The fourth-order valence-corrected chi connectivity index (χ4v) is 5.11. The first-order valence-electron chi connectivity index (χ1n) is 12.7. The Bertz CT molecular complexity index is 1140. The van der Waals surface area contributed by atoms with Crippen LogP contribution in [0.25, 0.3) is 0 Å². The third-order valence-electron chi connectivity index (χ3n) is 7.28. The van der Waals surface area contributed by atoms with Crippen molar-refractivity contribution in [2.24, 2.45) is 11.0 Å². The predicted molar refractivity (Wildman–Crippen MR) is 138 cm³/mol. The molecule has 0 aliphatic carbocycles. The lowest BCUT2D eigenvalue weighted by Crippen LogP contribution is -2.44. The van der Waals surface area contributed by atoms with Gasteiger partial charge in [-0.05, 0) is 87.9 Å². The van der Waals surface area contributed by atoms with E-state index in [1.54, 1.807) is 5.01 Å². The zero-order valence-electron chi connectivity index (χ0n) is 21.6. The average molecular weight is 476 g/mol. The lowest BCUT2D eigenvalue weighted by Gasteiger charge is -2.32. The molecular weight excluding hydrogens is 438 g/mol. The zero-order valence-corrected chi connectivity index (χ0v) is 21.6. The van der Waals surface area contributed by atoms with E-state index in [2.05, 4.69) is 69.0 Å². The maximum absolute atomic E-state index is 13.7. The number of carbonyl (C=O) groups is 2. The van der Waals surface area contributed by atoms with Crippen LogP contribution in [0.5, 0.6) is 0 Å². The summed E-state index contributed by atoms with van der Waals surface area (Å²) in [6, 6.07) is 12.7. The molecule has 2 atom stereocenters. The molecule has 0 bridgehead atoms. The Morgan fingerprint density at radius 3 is 2.54 bits per heavy atom. The van der Waals surface area contributed by atoms with E-state index in [1.807, 2.05) is 6.92 Å². The van der Waals surface area contributed by atoms with Gasteiger partial charge < -0.3 is 4.74 Å². The summed E-state index contributed by atoms with van der Waals surface area (Å²) in [4.78, 5) is 28.0. The molecule has 186 valence electrons. The Kier molecular flexibility index (Phi) is 7.70. The first kappa shape index (κ1) is 25.1. The van der Waals surface area contributed by atoms with Gasteiger partial charge in [0.25, 0.3) is 5.91 Å². The molecule has 0 aromatic heterocycles. The van der Waals surface area contributed by atoms with Crippen molar-refractivity contribution in [1.29, 1.82) is 0 Å². The maximum atomic E-state index is 13.7. The van der Waals surface area contributed by atoms with E-state index in [9.17, 15) is 9.59 Å². The van der Waals surface area contributed by atoms with Crippen LogP contribution in [0, 0.1) is 33.6 Å². The SMILES string of the molecule is CCOC(=O)C1CCCN(CC(=O)N2N=C(c3ccc(C)c(C)c3)CC2c2cc(C)ccc2C)C1. The van der Waals surface area contributed by atoms with Gasteiger partial charge in [0, 0.05) is 13.0 Å². The third-order valence-corrected chi connectivity index (χ3v) is 7.28. The van der Waals surface area contributed by atoms with Gasteiger partial charge in [0.1, 0.15) is 0 Å². The Morgan fingerprint density at radius 1 is 1.03 bits per heavy atom. The Hall–Kier alpha value is -2.99. The number of benzene rings is 2. The fraction of sp³-hybridized carbons (Fsp3) is 0.483. The van der Waals surface area contributed by atoms with Gasteiger partial charge in [0.2, 0.25) is 0 Å². The van der Waals surface area contributed by atoms with Crippen molar-refractivity contribution in [2.45, 2.75) is 59.9 Å². The summed E-state index contributed by atoms with van der Waals surface area (Å²) in [5, 5.41) is 6.58. The monoisotopic (exact) mass is 475 g/mol. The molecule has 0 N–H and O–H groups in total. The normalized spacial score (nSPS) is 20.6. The van der Waals surface area contributed by atoms with E-state index < -0.39 is 0 Å². The topological polar surface area (TPSA) is 62.2 Å². The van der Waals surface area contributed by atoms with E-state index in [0.717, 1.165) is 41.8 Å². The molecule has 0 radical (unpaired) electrons. The van der Waals surface area contributed by atoms with Crippen molar-refractivity contribution in [3.63, 3.8) is 0 Å². The molecule has 1 saturated heterocycles. The highest BCUT2D eigenvalue weighted by Gasteiger charge is 2.36. The molecule has 6 nitrogen and oxygen atoms in total. The van der Waals surface area contributed by atoms with Crippen LogP contribution in [0.2, 0.25) is 0 Å². The first-order valence-corrected chi connectivity index (χ1v) is 12.7. The highest BCUT2D eigenvalue weighted by atomic mass is 16.5. The molecule has 6 heteroatoms. The predicted octanol–water partition coefficient (Wildman–Crippen LogP) is 4.87. The van der Waals surface area contributed by atoms with E-state index in [4.69, 9.17) is 9.84 Å². The average Bonchev–Trinajstić information content (AvgIpc) is 3.28. The summed E-state index contributed by atoms with van der Waals surface area (Å²) < 4.78 is 5.23. The van der Waals surface area contributed by atoms with Crippen LogP contribution in [-0.4, -0.2) is 53.7 Å². The number of rotatable bonds is 6. The smallest absolute Gasteiger partial charge is 0.310 e. The quantitative estimate of drug-likeness (QED) is 0.559. The Balaban J connectivity index is 1.59. The molecule has 2 heterocycles. The van der Waals surface area contributed by atoms with Crippen LogP contribution in [0.3, 0.4) is 0 Å². The second-order valence-corrected chi connectivity index (χ2v) is 9.99. The first-order chi connectivity index (χ1) is 16.8. The number of carbonyl (C=O) groups excluding carboxylic acids is 2. The van der Waals surface area contributed by atoms with Crippen molar-refractivity contribution in [1.82, 2.24) is 9.91 Å². The molecule has 2 aliphatic rings. The zero-order chi connectivity index (χ0) is 25.1. The number of amides is 1. The number of hydrogen-bond donors (Lipinski definition) is 0. The minimum Gasteiger partial charge on any atom is -0.466 e. The van der Waals surface area contributed by atoms with Gasteiger partial charge in [-0.25, -0.2) is 5.01 Å². The minimum atomic E-state index is -0.167. The van der Waals surface area contributed by atoms with E-state index in [1.165, 1.54) is 16.7 Å². The van der Waals surface area contributed by atoms with Crippen LogP contribution in [0.4, 0.5) is 0 Å². The summed E-state index contributed by atoms with van der Waals surface area (Å²) >= 11 is 0. The van der Waals surface area contributed by atoms with E-state index in [0.29, 0.717) is 19.6 Å². The van der Waals surface area contributed by atoms with Gasteiger partial charge in [0.05, 0.1) is 30.8 Å². The molecule has 2 unspecified atom stereocenters. The van der Waals surface area contributed by atoms with Crippen LogP contribution < -0.4 is 0 Å². The number of likely N-dealkylation sites (tertiary alicyclic amines) is 1. The van der Waals surface area contributed by atoms with Crippen LogP contribution in [0.15, 0.2) is 41.5 Å². The fourth-order valence-electron chi connectivity index (χ4n) is 5.11. The molecule has 2 aromatic rings. The molecule has 2 aromatic carbocycles. The molecule has 0 spiro atoms. The third kappa shape index (κ3) is 5.64. The lowest BCUT2D eigenvalue weighted by atomic mass is 9.93. The van der Waals surface area contributed by atoms with Gasteiger partial charge in [-0.15, -0.1) is 0 Å². The largest absolute Gasteiger partial charge is 0.466 e. The van der Waals surface area contributed by atoms with Crippen molar-refractivity contribution in [3.05, 3.63) is 69.8 Å². The lowest BCUT2D eigenvalue weighted by molar-refractivity contribution is -0.150. The number of esters is 1. The van der Waals surface area contributed by atoms with Gasteiger partial charge in [-0.2, -0.15) is 5.10 Å². The van der Waals surface area contributed by atoms with E-state index in [-0.39, 0.29) is 30.4 Å². The van der Waals surface area contributed by atoms with Gasteiger partial charge >= 0.3 is 5.97 Å². The number of hydrogen-bond acceptors (Lipinski definition) is 5. The summed E-state index contributed by atoms with van der Waals surface area (Å²) in [7, 11) is 0. The Labute approximate surface area is 209 Å². The summed E-state index contributed by atoms with van der Waals surface area (Å²) in [5.41, 5.74) is 7.95. The number of nitrogens with zero attached hydrogens (tertiary/aromatic N) is 3. The van der Waals surface area contributed by atoms with Crippen LogP contribution in [0.1, 0.15) is 65.6 Å². The number of piperidine rings is 1. The molecule has 35 heavy (non-hydrogen) atoms. The van der Waals surface area contributed by atoms with Gasteiger partial charge in [-0.3, -0.25) is 14.5 Å². The highest BCUT2D eigenvalue weighted by molar-refractivity contribution is 6.03. The van der Waals surface area contributed by atoms with Gasteiger partial charge in [-0.1, -0.05) is 35.9 Å². The summed E-state index contributed by atoms with van der Waals surface area (Å²) in [5.74, 6) is -0.354. The van der Waals surface area contributed by atoms with Gasteiger partial charge in [0.15, 0.2) is 0 Å². The molecule has 1 amide bonds. The highest BCUT2D eigenvalue weighted by Crippen LogP contribution is 2.35. The molecule has 4 rings (SSSR count). The van der Waals surface area contributed by atoms with E-state index >= 15 is 0 Å². The molecule has 0 saturated carbocycles. The summed E-state index contributed by atoms with van der Waals surface area (Å²) in [6.07, 6.45) is 2.38. The van der Waals surface area contributed by atoms with Crippen molar-refractivity contribution >= 4 is 17.6 Å². The van der Waals surface area contributed by atoms with Crippen molar-refractivity contribution in [2.75, 3.05) is 26.2 Å². The molecular formula is C29H37N3O3. The second-order valence-electron chi connectivity index (χ2n) is 9.99. The molecule has 2 aliphatic heterocycles. The minimum absolute atomic E-state index is 0.0285.